The van der Waals surface area contributed by atoms with Crippen molar-refractivity contribution in [3.8, 4) is 0 Å². The molecule has 138 valence electrons. The topological polar surface area (TPSA) is 49.2 Å². The van der Waals surface area contributed by atoms with Crippen molar-refractivity contribution in [3.63, 3.8) is 0 Å². The fraction of sp³-hybridized carbons (Fsp3) is 0.400. The van der Waals surface area contributed by atoms with E-state index < -0.39 is 5.21 Å². The molecule has 3 unspecified atom stereocenters. The SMILES string of the molecule is [B]C1([B])COC(C2CCC(n3ccc4c(C)ncnc43)O2)c2ccc(Cl)cc21. The summed E-state index contributed by atoms with van der Waals surface area (Å²) in [6, 6.07) is 7.64. The molecule has 8 heteroatoms. The molecule has 0 spiro atoms. The first-order valence-corrected chi connectivity index (χ1v) is 9.75. The van der Waals surface area contributed by atoms with Crippen LogP contribution >= 0.6 is 11.6 Å². The van der Waals surface area contributed by atoms with Crippen LogP contribution in [0, 0.1) is 6.92 Å². The molecule has 0 N–H and O–H groups in total. The molecule has 0 saturated carbocycles. The van der Waals surface area contributed by atoms with Gasteiger partial charge in [-0.25, -0.2) is 9.97 Å². The molecule has 2 aromatic heterocycles. The van der Waals surface area contributed by atoms with Crippen LogP contribution in [0.3, 0.4) is 0 Å². The number of rotatable bonds is 2. The zero-order valence-corrected chi connectivity index (χ0v) is 16.3. The highest BCUT2D eigenvalue weighted by Crippen LogP contribution is 2.44. The summed E-state index contributed by atoms with van der Waals surface area (Å²) in [7, 11) is 12.5. The number of hydrogen-bond acceptors (Lipinski definition) is 4. The van der Waals surface area contributed by atoms with Crippen LogP contribution in [0.15, 0.2) is 36.8 Å². The molecule has 1 fully saturated rings. The summed E-state index contributed by atoms with van der Waals surface area (Å²) < 4.78 is 14.5. The summed E-state index contributed by atoms with van der Waals surface area (Å²) in [5.74, 6) is 0. The lowest BCUT2D eigenvalue weighted by Crippen LogP contribution is -2.41. The van der Waals surface area contributed by atoms with Gasteiger partial charge in [-0.15, -0.1) is 0 Å². The highest BCUT2D eigenvalue weighted by molar-refractivity contribution is 6.40. The summed E-state index contributed by atoms with van der Waals surface area (Å²) in [5.41, 5.74) is 3.61. The fourth-order valence-electron chi connectivity index (χ4n) is 4.28. The average Bonchev–Trinajstić information content (AvgIpc) is 3.30. The Morgan fingerprint density at radius 1 is 1.21 bits per heavy atom. The molecule has 1 saturated heterocycles. The molecule has 28 heavy (non-hydrogen) atoms. The standard InChI is InChI=1S/C20H18B2ClN3O2/c1-11-13-6-7-26(19(13)25-10-24-11)17-5-4-16(28-17)18-14-3-2-12(23)8-15(14)20(21,22)9-27-18/h2-3,6-8,10,16-18H,4-5,9H2,1H3. The maximum atomic E-state index is 6.41. The normalized spacial score (nSPS) is 26.4. The van der Waals surface area contributed by atoms with E-state index in [0.29, 0.717) is 5.02 Å². The average molecular weight is 389 g/mol. The van der Waals surface area contributed by atoms with Crippen molar-refractivity contribution >= 4 is 38.3 Å². The van der Waals surface area contributed by atoms with Gasteiger partial charge in [-0.2, -0.15) is 0 Å². The third-order valence-corrected chi connectivity index (χ3v) is 5.95. The van der Waals surface area contributed by atoms with Crippen molar-refractivity contribution in [1.82, 2.24) is 14.5 Å². The Kier molecular flexibility index (Phi) is 4.30. The van der Waals surface area contributed by atoms with Crippen LogP contribution < -0.4 is 0 Å². The van der Waals surface area contributed by atoms with Gasteiger partial charge in [-0.1, -0.05) is 22.9 Å². The molecule has 4 heterocycles. The maximum Gasteiger partial charge on any atom is 0.145 e. The van der Waals surface area contributed by atoms with Gasteiger partial charge in [0.1, 0.15) is 24.3 Å². The molecule has 5 nitrogen and oxygen atoms in total. The smallest absolute Gasteiger partial charge is 0.145 e. The van der Waals surface area contributed by atoms with Crippen LogP contribution in [0.25, 0.3) is 11.0 Å². The largest absolute Gasteiger partial charge is 0.371 e. The Bertz CT molecular complexity index is 1060. The van der Waals surface area contributed by atoms with Gasteiger partial charge in [0.15, 0.2) is 0 Å². The molecule has 3 aromatic rings. The summed E-state index contributed by atoms with van der Waals surface area (Å²) in [6.07, 6.45) is 4.92. The third-order valence-electron chi connectivity index (χ3n) is 5.71. The highest BCUT2D eigenvalue weighted by Gasteiger charge is 2.40. The molecular formula is C20H18B2ClN3O2. The van der Waals surface area contributed by atoms with Crippen LogP contribution in [0.1, 0.15) is 42.0 Å². The molecule has 2 aliphatic rings. The second kappa shape index (κ2) is 6.61. The zero-order chi connectivity index (χ0) is 19.5. The Balaban J connectivity index is 1.44. The monoisotopic (exact) mass is 389 g/mol. The Morgan fingerprint density at radius 2 is 2.07 bits per heavy atom. The minimum absolute atomic E-state index is 0.0959. The van der Waals surface area contributed by atoms with E-state index in [4.69, 9.17) is 36.8 Å². The maximum absolute atomic E-state index is 6.41. The molecule has 3 atom stereocenters. The lowest BCUT2D eigenvalue weighted by molar-refractivity contribution is -0.0951. The second-order valence-corrected chi connectivity index (χ2v) is 8.07. The van der Waals surface area contributed by atoms with Gasteiger partial charge in [0.05, 0.1) is 27.5 Å². The van der Waals surface area contributed by atoms with E-state index in [9.17, 15) is 0 Å². The van der Waals surface area contributed by atoms with Gasteiger partial charge in [0.2, 0.25) is 0 Å². The Hall–Kier alpha value is -1.82. The van der Waals surface area contributed by atoms with Gasteiger partial charge in [-0.3, -0.25) is 0 Å². The number of benzene rings is 1. The first kappa shape index (κ1) is 18.2. The van der Waals surface area contributed by atoms with E-state index in [2.05, 4.69) is 14.5 Å². The zero-order valence-electron chi connectivity index (χ0n) is 15.5. The molecule has 0 bridgehead atoms. The molecule has 5 rings (SSSR count). The van der Waals surface area contributed by atoms with Gasteiger partial charge < -0.3 is 14.0 Å². The van der Waals surface area contributed by atoms with Gasteiger partial charge >= 0.3 is 0 Å². The number of hydrogen-bond donors (Lipinski definition) is 0. The fourth-order valence-corrected chi connectivity index (χ4v) is 4.46. The predicted octanol–water partition coefficient (Wildman–Crippen LogP) is 3.33. The first-order chi connectivity index (χ1) is 13.4. The lowest BCUT2D eigenvalue weighted by Gasteiger charge is -2.40. The molecule has 0 aliphatic carbocycles. The van der Waals surface area contributed by atoms with E-state index in [1.807, 2.05) is 37.4 Å². The number of aromatic nitrogens is 3. The van der Waals surface area contributed by atoms with Crippen LogP contribution in [0.5, 0.6) is 0 Å². The summed E-state index contributed by atoms with van der Waals surface area (Å²) in [5, 5.41) is 0.595. The van der Waals surface area contributed by atoms with Crippen LogP contribution in [0.4, 0.5) is 0 Å². The van der Waals surface area contributed by atoms with E-state index in [1.165, 1.54) is 0 Å². The molecular weight excluding hydrogens is 371 g/mol. The lowest BCUT2D eigenvalue weighted by atomic mass is 9.50. The number of fused-ring (bicyclic) bond motifs is 2. The van der Waals surface area contributed by atoms with Crippen molar-refractivity contribution in [1.29, 1.82) is 0 Å². The Labute approximate surface area is 171 Å². The number of aryl methyl sites for hydroxylation is 1. The van der Waals surface area contributed by atoms with Crippen LogP contribution in [-0.4, -0.2) is 42.9 Å². The van der Waals surface area contributed by atoms with Gasteiger partial charge in [0, 0.05) is 23.2 Å². The molecule has 2 aliphatic heterocycles. The highest BCUT2D eigenvalue weighted by atomic mass is 35.5. The van der Waals surface area contributed by atoms with E-state index in [-0.39, 0.29) is 25.0 Å². The van der Waals surface area contributed by atoms with Crippen molar-refractivity contribution in [2.45, 2.75) is 43.4 Å². The van der Waals surface area contributed by atoms with Crippen LogP contribution in [0.2, 0.25) is 5.02 Å². The minimum atomic E-state index is -1.06. The summed E-state index contributed by atoms with van der Waals surface area (Å²) in [6.45, 7) is 2.20. The second-order valence-electron chi connectivity index (χ2n) is 7.63. The number of nitrogens with zero attached hydrogens (tertiary/aromatic N) is 3. The number of halogens is 1. The molecule has 1 aromatic carbocycles. The van der Waals surface area contributed by atoms with Crippen molar-refractivity contribution < 1.29 is 9.47 Å². The Morgan fingerprint density at radius 3 is 2.93 bits per heavy atom. The van der Waals surface area contributed by atoms with Crippen molar-refractivity contribution in [3.05, 3.63) is 58.6 Å². The molecule has 0 amide bonds. The predicted molar refractivity (Wildman–Crippen MR) is 109 cm³/mol. The quantitative estimate of drug-likeness (QED) is 0.631. The first-order valence-electron chi connectivity index (χ1n) is 9.37. The third kappa shape index (κ3) is 2.88. The van der Waals surface area contributed by atoms with Gasteiger partial charge in [-0.05, 0) is 49.1 Å². The number of ether oxygens (including phenoxy) is 2. The van der Waals surface area contributed by atoms with Crippen molar-refractivity contribution in [2.75, 3.05) is 6.61 Å². The summed E-state index contributed by atoms with van der Waals surface area (Å²) in [4.78, 5) is 8.70. The van der Waals surface area contributed by atoms with E-state index in [1.54, 1.807) is 6.33 Å². The van der Waals surface area contributed by atoms with E-state index >= 15 is 0 Å². The van der Waals surface area contributed by atoms with E-state index in [0.717, 1.165) is 40.7 Å². The van der Waals surface area contributed by atoms with Crippen LogP contribution in [-0.2, 0) is 14.7 Å². The van der Waals surface area contributed by atoms with Crippen molar-refractivity contribution in [2.24, 2.45) is 0 Å². The molecule has 4 radical (unpaired) electrons. The van der Waals surface area contributed by atoms with Gasteiger partial charge in [0.25, 0.3) is 0 Å². The summed E-state index contributed by atoms with van der Waals surface area (Å²) >= 11 is 6.17. The minimum Gasteiger partial charge on any atom is -0.371 e.